The van der Waals surface area contributed by atoms with Crippen LogP contribution in [0.5, 0.6) is 0 Å². The molecule has 1 fully saturated rings. The summed E-state index contributed by atoms with van der Waals surface area (Å²) in [5.41, 5.74) is 2.60. The van der Waals surface area contributed by atoms with Gasteiger partial charge in [-0.3, -0.25) is 4.98 Å². The third-order valence-electron chi connectivity index (χ3n) is 4.15. The maximum Gasteiger partial charge on any atom is 0.281 e. The Bertz CT molecular complexity index is 841. The molecule has 0 amide bonds. The number of nitrogens with one attached hydrogen (secondary N) is 1. The minimum absolute atomic E-state index is 0.0758. The summed E-state index contributed by atoms with van der Waals surface area (Å²) in [5, 5.41) is 3.17. The van der Waals surface area contributed by atoms with Crippen molar-refractivity contribution in [2.75, 3.05) is 32.5 Å². The summed E-state index contributed by atoms with van der Waals surface area (Å²) < 4.78 is 27.3. The molecule has 0 radical (unpaired) electrons. The summed E-state index contributed by atoms with van der Waals surface area (Å²) in [6.07, 6.45) is 4.10. The Morgan fingerprint density at radius 3 is 2.64 bits per heavy atom. The van der Waals surface area contributed by atoms with E-state index in [1.807, 2.05) is 19.1 Å². The lowest BCUT2D eigenvalue weighted by molar-refractivity contribution is 0.418. The van der Waals surface area contributed by atoms with E-state index in [4.69, 9.17) is 0 Å². The molecule has 0 aromatic carbocycles. The minimum Gasteiger partial charge on any atom is -0.324 e. The molecule has 0 bridgehead atoms. The van der Waals surface area contributed by atoms with Crippen LogP contribution in [-0.2, 0) is 10.2 Å². The molecule has 8 nitrogen and oxygen atoms in total. The fourth-order valence-electron chi connectivity index (χ4n) is 2.88. The van der Waals surface area contributed by atoms with Crippen molar-refractivity contribution in [2.45, 2.75) is 19.3 Å². The molecule has 2 aromatic heterocycles. The first-order chi connectivity index (χ1) is 11.9. The summed E-state index contributed by atoms with van der Waals surface area (Å²) in [5.74, 6) is 0.592. The van der Waals surface area contributed by atoms with E-state index in [1.54, 1.807) is 32.6 Å². The van der Waals surface area contributed by atoms with Gasteiger partial charge in [-0.1, -0.05) is 0 Å². The molecule has 1 saturated heterocycles. The largest absolute Gasteiger partial charge is 0.324 e. The van der Waals surface area contributed by atoms with Crippen molar-refractivity contribution in [2.24, 2.45) is 0 Å². The number of pyridine rings is 1. The molecule has 0 aliphatic carbocycles. The standard InChI is InChI=1S/C16H22N6O2S/c1-12-9-14(20-16-17-6-4-7-18-16)10-15(19-12)13-5-8-22(11-13)25(23,24)21(2)3/h4,6-7,9-10,13H,5,8,11H2,1-3H3,(H,17,18,19,20)/t13-/m0/s1. The van der Waals surface area contributed by atoms with Crippen LogP contribution in [0.15, 0.2) is 30.6 Å². The van der Waals surface area contributed by atoms with Gasteiger partial charge in [0.15, 0.2) is 0 Å². The van der Waals surface area contributed by atoms with Crippen molar-refractivity contribution in [1.29, 1.82) is 0 Å². The monoisotopic (exact) mass is 362 g/mol. The molecule has 3 heterocycles. The quantitative estimate of drug-likeness (QED) is 0.867. The number of hydrogen-bond acceptors (Lipinski definition) is 6. The van der Waals surface area contributed by atoms with E-state index in [-0.39, 0.29) is 5.92 Å². The van der Waals surface area contributed by atoms with Gasteiger partial charge in [0.05, 0.1) is 0 Å². The Morgan fingerprint density at radius 2 is 1.96 bits per heavy atom. The van der Waals surface area contributed by atoms with Crippen molar-refractivity contribution in [1.82, 2.24) is 23.6 Å². The van der Waals surface area contributed by atoms with Crippen molar-refractivity contribution in [3.8, 4) is 0 Å². The Hall–Kier alpha value is -2.10. The molecule has 0 spiro atoms. The first-order valence-corrected chi connectivity index (χ1v) is 9.46. The van der Waals surface area contributed by atoms with Crippen LogP contribution < -0.4 is 5.32 Å². The average Bonchev–Trinajstić information content (AvgIpc) is 3.06. The molecular weight excluding hydrogens is 340 g/mol. The highest BCUT2D eigenvalue weighted by atomic mass is 32.2. The zero-order valence-electron chi connectivity index (χ0n) is 14.5. The van der Waals surface area contributed by atoms with Crippen LogP contribution in [0.3, 0.4) is 0 Å². The number of anilines is 2. The van der Waals surface area contributed by atoms with E-state index in [0.29, 0.717) is 19.0 Å². The molecule has 1 aliphatic heterocycles. The number of aromatic nitrogens is 3. The van der Waals surface area contributed by atoms with E-state index >= 15 is 0 Å². The van der Waals surface area contributed by atoms with Gasteiger partial charge in [0.1, 0.15) is 0 Å². The molecule has 2 aromatic rings. The second-order valence-corrected chi connectivity index (χ2v) is 8.40. The van der Waals surface area contributed by atoms with Gasteiger partial charge in [0.25, 0.3) is 10.2 Å². The van der Waals surface area contributed by atoms with Gasteiger partial charge in [-0.05, 0) is 31.5 Å². The molecular formula is C16H22N6O2S. The van der Waals surface area contributed by atoms with Crippen molar-refractivity contribution >= 4 is 21.8 Å². The fraction of sp³-hybridized carbons (Fsp3) is 0.438. The first-order valence-electron chi connectivity index (χ1n) is 8.06. The third kappa shape index (κ3) is 3.94. The number of rotatable bonds is 5. The van der Waals surface area contributed by atoms with Gasteiger partial charge in [0.2, 0.25) is 5.95 Å². The highest BCUT2D eigenvalue weighted by molar-refractivity contribution is 7.86. The van der Waals surface area contributed by atoms with Gasteiger partial charge < -0.3 is 5.32 Å². The maximum absolute atomic E-state index is 12.3. The highest BCUT2D eigenvalue weighted by Gasteiger charge is 2.34. The van der Waals surface area contributed by atoms with E-state index < -0.39 is 10.2 Å². The number of hydrogen-bond donors (Lipinski definition) is 1. The lowest BCUT2D eigenvalue weighted by Gasteiger charge is -2.21. The molecule has 25 heavy (non-hydrogen) atoms. The molecule has 1 atom stereocenters. The van der Waals surface area contributed by atoms with Gasteiger partial charge >= 0.3 is 0 Å². The van der Waals surface area contributed by atoms with Crippen molar-refractivity contribution in [3.05, 3.63) is 42.0 Å². The van der Waals surface area contributed by atoms with Crippen LogP contribution in [0.4, 0.5) is 11.6 Å². The topological polar surface area (TPSA) is 91.3 Å². The van der Waals surface area contributed by atoms with Gasteiger partial charge in [-0.25, -0.2) is 9.97 Å². The minimum atomic E-state index is -3.38. The van der Waals surface area contributed by atoms with E-state index in [0.717, 1.165) is 23.5 Å². The van der Waals surface area contributed by atoms with Crippen LogP contribution in [0.2, 0.25) is 0 Å². The molecule has 134 valence electrons. The second kappa shape index (κ2) is 7.03. The summed E-state index contributed by atoms with van der Waals surface area (Å²) >= 11 is 0. The Balaban J connectivity index is 1.79. The number of aryl methyl sites for hydroxylation is 1. The van der Waals surface area contributed by atoms with Crippen LogP contribution in [0.1, 0.15) is 23.7 Å². The molecule has 0 saturated carbocycles. The Labute approximate surface area is 148 Å². The first kappa shape index (κ1) is 17.7. The Morgan fingerprint density at radius 1 is 1.24 bits per heavy atom. The predicted molar refractivity (Wildman–Crippen MR) is 95.8 cm³/mol. The smallest absolute Gasteiger partial charge is 0.281 e. The Kier molecular flexibility index (Phi) is 4.98. The fourth-order valence-corrected chi connectivity index (χ4v) is 4.04. The van der Waals surface area contributed by atoms with Gasteiger partial charge in [0, 0.05) is 62.6 Å². The lowest BCUT2D eigenvalue weighted by atomic mass is 10.0. The average molecular weight is 362 g/mol. The van der Waals surface area contributed by atoms with E-state index in [1.165, 1.54) is 8.61 Å². The molecule has 0 unspecified atom stereocenters. The number of nitrogens with zero attached hydrogens (tertiary/aromatic N) is 5. The summed E-state index contributed by atoms with van der Waals surface area (Å²) in [4.78, 5) is 12.9. The second-order valence-electron chi connectivity index (χ2n) is 6.25. The molecule has 9 heteroatoms. The van der Waals surface area contributed by atoms with Crippen LogP contribution in [0, 0.1) is 6.92 Å². The van der Waals surface area contributed by atoms with Crippen molar-refractivity contribution in [3.63, 3.8) is 0 Å². The summed E-state index contributed by atoms with van der Waals surface area (Å²) in [6, 6.07) is 5.62. The van der Waals surface area contributed by atoms with Gasteiger partial charge in [-0.2, -0.15) is 17.0 Å². The normalized spacial score (nSPS) is 18.6. The zero-order chi connectivity index (χ0) is 18.0. The van der Waals surface area contributed by atoms with Crippen LogP contribution in [0.25, 0.3) is 0 Å². The van der Waals surface area contributed by atoms with Crippen LogP contribution >= 0.6 is 0 Å². The molecule has 1 N–H and O–H groups in total. The van der Waals surface area contributed by atoms with Gasteiger partial charge in [-0.15, -0.1) is 0 Å². The van der Waals surface area contributed by atoms with E-state index in [2.05, 4.69) is 20.3 Å². The SMILES string of the molecule is Cc1cc(Nc2ncccn2)cc([C@H]2CCN(S(=O)(=O)N(C)C)C2)n1. The predicted octanol–water partition coefficient (Wildman–Crippen LogP) is 1.52. The van der Waals surface area contributed by atoms with Crippen molar-refractivity contribution < 1.29 is 8.42 Å². The summed E-state index contributed by atoms with van der Waals surface area (Å²) in [6.45, 7) is 2.87. The highest BCUT2D eigenvalue weighted by Crippen LogP contribution is 2.30. The summed E-state index contributed by atoms with van der Waals surface area (Å²) in [7, 11) is -0.281. The van der Waals surface area contributed by atoms with Crippen LogP contribution in [-0.4, -0.2) is 59.2 Å². The third-order valence-corrected chi connectivity index (χ3v) is 6.06. The van der Waals surface area contributed by atoms with E-state index in [9.17, 15) is 8.42 Å². The molecule has 3 rings (SSSR count). The lowest BCUT2D eigenvalue weighted by Crippen LogP contribution is -2.38. The maximum atomic E-state index is 12.3. The zero-order valence-corrected chi connectivity index (χ0v) is 15.4. The molecule has 1 aliphatic rings.